The molecule has 21 heavy (non-hydrogen) atoms. The molecule has 0 saturated heterocycles. The van der Waals surface area contributed by atoms with E-state index in [9.17, 15) is 22.0 Å². The fraction of sp³-hybridized carbons (Fsp3) is 0.0714. The Morgan fingerprint density at radius 3 is 2.38 bits per heavy atom. The van der Waals surface area contributed by atoms with Gasteiger partial charge in [-0.2, -0.15) is 0 Å². The average Bonchev–Trinajstić information content (AvgIpc) is 2.43. The number of carbonyl (C=O) groups is 1. The van der Waals surface area contributed by atoms with Crippen molar-refractivity contribution in [1.29, 1.82) is 0 Å². The zero-order chi connectivity index (χ0) is 15.6. The summed E-state index contributed by atoms with van der Waals surface area (Å²) in [5.74, 6) is -2.51. The fourth-order valence-corrected chi connectivity index (χ4v) is 2.75. The lowest BCUT2D eigenvalue weighted by Crippen LogP contribution is -2.13. The minimum absolute atomic E-state index is 0.109. The molecule has 0 unspecified atom stereocenters. The lowest BCUT2D eigenvalue weighted by Gasteiger charge is -2.09. The van der Waals surface area contributed by atoms with Gasteiger partial charge in [-0.15, -0.1) is 0 Å². The van der Waals surface area contributed by atoms with Gasteiger partial charge in [0.15, 0.2) is 17.4 Å². The van der Waals surface area contributed by atoms with Gasteiger partial charge in [0.25, 0.3) is 10.0 Å². The molecule has 4 nitrogen and oxygen atoms in total. The Morgan fingerprint density at radius 1 is 1.05 bits per heavy atom. The number of Topliss-reactive ketones (excluding diaryl/α,β-unsaturated/α-hetero) is 1. The fourth-order valence-electron chi connectivity index (χ4n) is 1.66. The first kappa shape index (κ1) is 15.1. The number of sulfonamides is 1. The number of hydrogen-bond acceptors (Lipinski definition) is 3. The maximum Gasteiger partial charge on any atom is 0.261 e. The molecule has 0 heterocycles. The second-order valence-electron chi connectivity index (χ2n) is 4.32. The Morgan fingerprint density at radius 2 is 1.76 bits per heavy atom. The Hall–Kier alpha value is -2.28. The number of halogens is 2. The predicted molar refractivity (Wildman–Crippen MR) is 73.6 cm³/mol. The molecule has 0 saturated carbocycles. The van der Waals surface area contributed by atoms with Crippen molar-refractivity contribution in [2.75, 3.05) is 4.72 Å². The molecule has 2 aromatic rings. The van der Waals surface area contributed by atoms with Crippen molar-refractivity contribution in [2.45, 2.75) is 11.8 Å². The van der Waals surface area contributed by atoms with Gasteiger partial charge < -0.3 is 0 Å². The molecule has 0 radical (unpaired) electrons. The van der Waals surface area contributed by atoms with Crippen LogP contribution in [-0.2, 0) is 10.0 Å². The number of benzene rings is 2. The summed E-state index contributed by atoms with van der Waals surface area (Å²) in [5, 5.41) is 0. The average molecular weight is 311 g/mol. The molecule has 7 heteroatoms. The topological polar surface area (TPSA) is 63.2 Å². The third-order valence-corrected chi connectivity index (χ3v) is 4.10. The van der Waals surface area contributed by atoms with Crippen LogP contribution in [0.15, 0.2) is 47.4 Å². The molecule has 2 rings (SSSR count). The van der Waals surface area contributed by atoms with Crippen molar-refractivity contribution in [1.82, 2.24) is 0 Å². The number of nitrogens with one attached hydrogen (secondary N) is 1. The maximum absolute atomic E-state index is 13.1. The molecule has 0 bridgehead atoms. The number of carbonyl (C=O) groups excluding carboxylic acids is 1. The number of ketones is 1. The van der Waals surface area contributed by atoms with Crippen LogP contribution in [0.4, 0.5) is 14.5 Å². The van der Waals surface area contributed by atoms with E-state index in [1.165, 1.54) is 31.2 Å². The van der Waals surface area contributed by atoms with Gasteiger partial charge in [0, 0.05) is 11.6 Å². The Labute approximate surface area is 120 Å². The van der Waals surface area contributed by atoms with Crippen molar-refractivity contribution in [3.8, 4) is 0 Å². The van der Waals surface area contributed by atoms with E-state index >= 15 is 0 Å². The molecule has 0 fully saturated rings. The quantitative estimate of drug-likeness (QED) is 0.883. The summed E-state index contributed by atoms with van der Waals surface area (Å²) in [6.45, 7) is 1.31. The van der Waals surface area contributed by atoms with Gasteiger partial charge in [0.05, 0.1) is 10.6 Å². The van der Waals surface area contributed by atoms with Crippen LogP contribution in [0.2, 0.25) is 0 Å². The zero-order valence-electron chi connectivity index (χ0n) is 10.9. The van der Waals surface area contributed by atoms with Crippen LogP contribution < -0.4 is 4.72 Å². The lowest BCUT2D eigenvalue weighted by atomic mass is 10.2. The Bertz CT molecular complexity index is 804. The number of rotatable bonds is 4. The van der Waals surface area contributed by atoms with E-state index in [4.69, 9.17) is 0 Å². The van der Waals surface area contributed by atoms with Crippen molar-refractivity contribution in [2.24, 2.45) is 0 Å². The standard InChI is InChI=1S/C14H11F2NO3S/c1-9(18)10-3-2-4-12(7-10)21(19,20)17-11-5-6-13(15)14(16)8-11/h2-8,17H,1H3. The second-order valence-corrected chi connectivity index (χ2v) is 6.00. The van der Waals surface area contributed by atoms with Crippen LogP contribution in [0.1, 0.15) is 17.3 Å². The highest BCUT2D eigenvalue weighted by Crippen LogP contribution is 2.19. The van der Waals surface area contributed by atoms with Gasteiger partial charge in [-0.3, -0.25) is 9.52 Å². The molecule has 0 aliphatic rings. The third-order valence-electron chi connectivity index (χ3n) is 2.72. The zero-order valence-corrected chi connectivity index (χ0v) is 11.7. The highest BCUT2D eigenvalue weighted by atomic mass is 32.2. The van der Waals surface area contributed by atoms with Gasteiger partial charge in [-0.05, 0) is 31.2 Å². The van der Waals surface area contributed by atoms with Crippen LogP contribution in [0.25, 0.3) is 0 Å². The van der Waals surface area contributed by atoms with Crippen molar-refractivity contribution < 1.29 is 22.0 Å². The summed E-state index contributed by atoms with van der Waals surface area (Å²) in [5.41, 5.74) is 0.130. The summed E-state index contributed by atoms with van der Waals surface area (Å²) >= 11 is 0. The third kappa shape index (κ3) is 3.43. The summed E-state index contributed by atoms with van der Waals surface area (Å²) in [6, 6.07) is 8.08. The van der Waals surface area contributed by atoms with E-state index in [2.05, 4.69) is 4.72 Å². The lowest BCUT2D eigenvalue weighted by molar-refractivity contribution is 0.101. The van der Waals surface area contributed by atoms with E-state index in [0.29, 0.717) is 0 Å². The summed E-state index contributed by atoms with van der Waals surface area (Å²) < 4.78 is 52.3. The van der Waals surface area contributed by atoms with E-state index in [1.807, 2.05) is 0 Å². The summed E-state index contributed by atoms with van der Waals surface area (Å²) in [4.78, 5) is 11.1. The second kappa shape index (κ2) is 5.61. The number of anilines is 1. The Balaban J connectivity index is 2.36. The molecule has 0 aliphatic carbocycles. The van der Waals surface area contributed by atoms with Gasteiger partial charge in [0.2, 0.25) is 0 Å². The monoisotopic (exact) mass is 311 g/mol. The van der Waals surface area contributed by atoms with Crippen LogP contribution in [0.5, 0.6) is 0 Å². The summed E-state index contributed by atoms with van der Waals surface area (Å²) in [7, 11) is -3.99. The van der Waals surface area contributed by atoms with Gasteiger partial charge in [-0.25, -0.2) is 17.2 Å². The van der Waals surface area contributed by atoms with Crippen LogP contribution in [0, 0.1) is 11.6 Å². The first-order chi connectivity index (χ1) is 9.79. The highest BCUT2D eigenvalue weighted by molar-refractivity contribution is 7.92. The SMILES string of the molecule is CC(=O)c1cccc(S(=O)(=O)Nc2ccc(F)c(F)c2)c1. The van der Waals surface area contributed by atoms with Crippen LogP contribution in [-0.4, -0.2) is 14.2 Å². The molecule has 0 aromatic heterocycles. The van der Waals surface area contributed by atoms with Crippen molar-refractivity contribution >= 4 is 21.5 Å². The van der Waals surface area contributed by atoms with Gasteiger partial charge >= 0.3 is 0 Å². The van der Waals surface area contributed by atoms with E-state index in [-0.39, 0.29) is 21.9 Å². The minimum atomic E-state index is -3.99. The Kier molecular flexibility index (Phi) is 4.04. The first-order valence-corrected chi connectivity index (χ1v) is 7.37. The highest BCUT2D eigenvalue weighted by Gasteiger charge is 2.16. The minimum Gasteiger partial charge on any atom is -0.295 e. The van der Waals surface area contributed by atoms with Gasteiger partial charge in [0.1, 0.15) is 0 Å². The molecule has 1 N–H and O–H groups in total. The van der Waals surface area contributed by atoms with Gasteiger partial charge in [-0.1, -0.05) is 12.1 Å². The molecule has 0 aliphatic heterocycles. The van der Waals surface area contributed by atoms with E-state index in [1.54, 1.807) is 0 Å². The number of hydrogen-bond donors (Lipinski definition) is 1. The van der Waals surface area contributed by atoms with Crippen LogP contribution in [0.3, 0.4) is 0 Å². The molecule has 110 valence electrons. The molecule has 2 aromatic carbocycles. The maximum atomic E-state index is 13.1. The first-order valence-electron chi connectivity index (χ1n) is 5.88. The van der Waals surface area contributed by atoms with Crippen molar-refractivity contribution in [3.05, 3.63) is 59.7 Å². The predicted octanol–water partition coefficient (Wildman–Crippen LogP) is 2.97. The van der Waals surface area contributed by atoms with E-state index in [0.717, 1.165) is 18.2 Å². The molecule has 0 amide bonds. The molecular weight excluding hydrogens is 300 g/mol. The smallest absolute Gasteiger partial charge is 0.261 e. The van der Waals surface area contributed by atoms with E-state index < -0.39 is 21.7 Å². The largest absolute Gasteiger partial charge is 0.295 e. The molecular formula is C14H11F2NO3S. The van der Waals surface area contributed by atoms with Crippen LogP contribution >= 0.6 is 0 Å². The summed E-state index contributed by atoms with van der Waals surface area (Å²) in [6.07, 6.45) is 0. The molecule has 0 atom stereocenters. The normalized spacial score (nSPS) is 11.2. The molecule has 0 spiro atoms. The van der Waals surface area contributed by atoms with Crippen molar-refractivity contribution in [3.63, 3.8) is 0 Å².